The first-order valence-corrected chi connectivity index (χ1v) is 8.19. The fraction of sp³-hybridized carbons (Fsp3) is 0.100. The summed E-state index contributed by atoms with van der Waals surface area (Å²) in [7, 11) is 0. The van der Waals surface area contributed by atoms with Crippen LogP contribution >= 0.6 is 11.6 Å². The Kier molecular flexibility index (Phi) is 3.58. The van der Waals surface area contributed by atoms with Crippen molar-refractivity contribution in [1.82, 2.24) is 14.8 Å². The Morgan fingerprint density at radius 1 is 0.917 bits per heavy atom. The minimum atomic E-state index is 0.718. The highest BCUT2D eigenvalue weighted by Gasteiger charge is 2.16. The number of nitrogens with zero attached hydrogens (tertiary/aromatic N) is 3. The molecule has 118 valence electrons. The summed E-state index contributed by atoms with van der Waals surface area (Å²) in [6.07, 6.45) is 0. The minimum absolute atomic E-state index is 0.718. The molecule has 2 aromatic heterocycles. The first kappa shape index (κ1) is 14.9. The van der Waals surface area contributed by atoms with Crippen LogP contribution < -0.4 is 0 Å². The van der Waals surface area contributed by atoms with E-state index in [2.05, 4.69) is 13.0 Å². The summed E-state index contributed by atoms with van der Waals surface area (Å²) >= 11 is 6.03. The van der Waals surface area contributed by atoms with Gasteiger partial charge in [-0.3, -0.25) is 0 Å². The van der Waals surface area contributed by atoms with E-state index in [-0.39, 0.29) is 0 Å². The van der Waals surface area contributed by atoms with Crippen LogP contribution in [0.2, 0.25) is 5.02 Å². The zero-order chi connectivity index (χ0) is 16.7. The molecule has 3 nitrogen and oxygen atoms in total. The van der Waals surface area contributed by atoms with Gasteiger partial charge in [0.1, 0.15) is 5.69 Å². The van der Waals surface area contributed by atoms with Crippen molar-refractivity contribution in [2.45, 2.75) is 13.8 Å². The summed E-state index contributed by atoms with van der Waals surface area (Å²) in [6, 6.07) is 20.0. The van der Waals surface area contributed by atoms with Crippen LogP contribution in [0.1, 0.15) is 11.3 Å². The normalized spacial score (nSPS) is 11.1. The number of aromatic nitrogens is 3. The first-order chi connectivity index (χ1) is 11.6. The fourth-order valence-electron chi connectivity index (χ4n) is 2.80. The second-order valence-corrected chi connectivity index (χ2v) is 6.30. The van der Waals surface area contributed by atoms with Gasteiger partial charge in [0, 0.05) is 21.7 Å². The lowest BCUT2D eigenvalue weighted by Gasteiger charge is -2.04. The molecule has 0 atom stereocenters. The van der Waals surface area contributed by atoms with Crippen molar-refractivity contribution in [3.05, 3.63) is 76.9 Å². The van der Waals surface area contributed by atoms with Crippen LogP contribution in [0.4, 0.5) is 0 Å². The van der Waals surface area contributed by atoms with E-state index in [1.165, 1.54) is 0 Å². The molecule has 0 aliphatic carbocycles. The predicted molar refractivity (Wildman–Crippen MR) is 98.8 cm³/mol. The van der Waals surface area contributed by atoms with Crippen molar-refractivity contribution in [2.75, 3.05) is 0 Å². The number of halogens is 1. The highest BCUT2D eigenvalue weighted by Crippen LogP contribution is 2.30. The first-order valence-electron chi connectivity index (χ1n) is 7.82. The predicted octanol–water partition coefficient (Wildman–Crippen LogP) is 5.36. The van der Waals surface area contributed by atoms with Crippen LogP contribution in [0.25, 0.3) is 28.0 Å². The molecule has 4 heteroatoms. The number of fused-ring (bicyclic) bond motifs is 1. The molecule has 2 heterocycles. The number of aryl methyl sites for hydroxylation is 2. The number of benzene rings is 2. The Morgan fingerprint density at radius 3 is 2.33 bits per heavy atom. The lowest BCUT2D eigenvalue weighted by Crippen LogP contribution is -1.98. The maximum absolute atomic E-state index is 6.03. The molecule has 4 aromatic rings. The Balaban J connectivity index is 2.04. The summed E-state index contributed by atoms with van der Waals surface area (Å²) in [5, 5.41) is 6.62. The van der Waals surface area contributed by atoms with E-state index in [0.29, 0.717) is 0 Å². The minimum Gasteiger partial charge on any atom is -0.233 e. The summed E-state index contributed by atoms with van der Waals surface area (Å²) < 4.78 is 1.91. The molecule has 0 fully saturated rings. The topological polar surface area (TPSA) is 30.7 Å². The molecular formula is C20H16ClN3. The van der Waals surface area contributed by atoms with Gasteiger partial charge in [0.05, 0.1) is 5.69 Å². The zero-order valence-corrected chi connectivity index (χ0v) is 14.2. The maximum Gasteiger partial charge on any atom is 0.163 e. The molecule has 0 aliphatic heterocycles. The van der Waals surface area contributed by atoms with Crippen LogP contribution in [0.15, 0.2) is 60.7 Å². The quantitative estimate of drug-likeness (QED) is 0.494. The van der Waals surface area contributed by atoms with E-state index >= 15 is 0 Å². The molecule has 0 spiro atoms. The Morgan fingerprint density at radius 2 is 1.62 bits per heavy atom. The van der Waals surface area contributed by atoms with Gasteiger partial charge in [-0.05, 0) is 49.7 Å². The average molecular weight is 334 g/mol. The largest absolute Gasteiger partial charge is 0.233 e. The summed E-state index contributed by atoms with van der Waals surface area (Å²) in [5.41, 5.74) is 5.99. The van der Waals surface area contributed by atoms with E-state index in [9.17, 15) is 0 Å². The van der Waals surface area contributed by atoms with E-state index in [1.807, 2.05) is 66.2 Å². The van der Waals surface area contributed by atoms with Gasteiger partial charge >= 0.3 is 0 Å². The summed E-state index contributed by atoms with van der Waals surface area (Å²) in [5.74, 6) is 0. The third-order valence-corrected chi connectivity index (χ3v) is 4.47. The maximum atomic E-state index is 6.03. The summed E-state index contributed by atoms with van der Waals surface area (Å²) in [6.45, 7) is 4.10. The van der Waals surface area contributed by atoms with Gasteiger partial charge in [-0.25, -0.2) is 9.67 Å². The third kappa shape index (κ3) is 2.47. The van der Waals surface area contributed by atoms with Gasteiger partial charge in [0.2, 0.25) is 0 Å². The van der Waals surface area contributed by atoms with Gasteiger partial charge in [-0.15, -0.1) is 0 Å². The number of pyridine rings is 1. The Bertz CT molecular complexity index is 1020. The molecule has 0 amide bonds. The van der Waals surface area contributed by atoms with Crippen LogP contribution in [-0.4, -0.2) is 14.8 Å². The van der Waals surface area contributed by atoms with Gasteiger partial charge in [0.25, 0.3) is 0 Å². The molecule has 0 bridgehead atoms. The van der Waals surface area contributed by atoms with Crippen molar-refractivity contribution < 1.29 is 0 Å². The molecule has 0 aliphatic rings. The smallest absolute Gasteiger partial charge is 0.163 e. The lowest BCUT2D eigenvalue weighted by molar-refractivity contribution is 0.897. The van der Waals surface area contributed by atoms with Gasteiger partial charge in [-0.2, -0.15) is 5.10 Å². The SMILES string of the molecule is Cc1cc2c(-c3ccc(Cl)cc3)nn(-c3ccccc3)c2nc1C. The Labute approximate surface area is 145 Å². The molecule has 2 aromatic carbocycles. The van der Waals surface area contributed by atoms with Crippen molar-refractivity contribution >= 4 is 22.6 Å². The average Bonchev–Trinajstić information content (AvgIpc) is 2.95. The van der Waals surface area contributed by atoms with E-state index < -0.39 is 0 Å². The molecule has 0 unspecified atom stereocenters. The monoisotopic (exact) mass is 333 g/mol. The van der Waals surface area contributed by atoms with Crippen LogP contribution in [0, 0.1) is 13.8 Å². The molecular weight excluding hydrogens is 318 g/mol. The van der Waals surface area contributed by atoms with Gasteiger partial charge in [-0.1, -0.05) is 41.9 Å². The molecule has 0 saturated carbocycles. The second-order valence-electron chi connectivity index (χ2n) is 5.86. The van der Waals surface area contributed by atoms with Crippen LogP contribution in [0.5, 0.6) is 0 Å². The molecule has 0 N–H and O–H groups in total. The third-order valence-electron chi connectivity index (χ3n) is 4.22. The van der Waals surface area contributed by atoms with Crippen molar-refractivity contribution in [3.8, 4) is 16.9 Å². The molecule has 0 saturated heterocycles. The summed E-state index contributed by atoms with van der Waals surface area (Å²) in [4.78, 5) is 4.79. The van der Waals surface area contributed by atoms with E-state index in [0.717, 1.165) is 44.3 Å². The lowest BCUT2D eigenvalue weighted by atomic mass is 10.1. The van der Waals surface area contributed by atoms with Crippen molar-refractivity contribution in [1.29, 1.82) is 0 Å². The highest BCUT2D eigenvalue weighted by atomic mass is 35.5. The van der Waals surface area contributed by atoms with Crippen molar-refractivity contribution in [3.63, 3.8) is 0 Å². The van der Waals surface area contributed by atoms with Gasteiger partial charge in [0.15, 0.2) is 5.65 Å². The number of hydrogen-bond donors (Lipinski definition) is 0. The number of rotatable bonds is 2. The van der Waals surface area contributed by atoms with Crippen LogP contribution in [0.3, 0.4) is 0 Å². The Hall–Kier alpha value is -2.65. The zero-order valence-electron chi connectivity index (χ0n) is 13.5. The number of hydrogen-bond acceptors (Lipinski definition) is 2. The standard InChI is InChI=1S/C20H16ClN3/c1-13-12-18-19(15-8-10-16(21)11-9-15)23-24(20(18)22-14(13)2)17-6-4-3-5-7-17/h3-12H,1-2H3. The van der Waals surface area contributed by atoms with Crippen LogP contribution in [-0.2, 0) is 0 Å². The second kappa shape index (κ2) is 5.77. The highest BCUT2D eigenvalue weighted by molar-refractivity contribution is 6.30. The van der Waals surface area contributed by atoms with Gasteiger partial charge < -0.3 is 0 Å². The van der Waals surface area contributed by atoms with Crippen molar-refractivity contribution in [2.24, 2.45) is 0 Å². The van der Waals surface area contributed by atoms with E-state index in [4.69, 9.17) is 21.7 Å². The number of para-hydroxylation sites is 1. The molecule has 24 heavy (non-hydrogen) atoms. The van der Waals surface area contributed by atoms with E-state index in [1.54, 1.807) is 0 Å². The molecule has 0 radical (unpaired) electrons. The fourth-order valence-corrected chi connectivity index (χ4v) is 2.93. The molecule has 4 rings (SSSR count).